The second-order valence-electron chi connectivity index (χ2n) is 4.24. The van der Waals surface area contributed by atoms with Gasteiger partial charge in [0.2, 0.25) is 0 Å². The fraction of sp³-hybridized carbons (Fsp3) is 0.364. The molecule has 0 aliphatic carbocycles. The molecule has 5 nitrogen and oxygen atoms in total. The fourth-order valence-electron chi connectivity index (χ4n) is 1.60. The van der Waals surface area contributed by atoms with E-state index in [1.165, 1.54) is 19.3 Å². The van der Waals surface area contributed by atoms with Crippen molar-refractivity contribution in [1.29, 1.82) is 0 Å². The zero-order chi connectivity index (χ0) is 14.2. The summed E-state index contributed by atoms with van der Waals surface area (Å²) in [7, 11) is 0. The number of rotatable bonds is 3. The molecule has 1 atom stereocenters. The summed E-state index contributed by atoms with van der Waals surface area (Å²) in [4.78, 5) is 14.5. The number of alkyl halides is 3. The van der Waals surface area contributed by atoms with Crippen LogP contribution < -0.4 is 0 Å². The summed E-state index contributed by atoms with van der Waals surface area (Å²) in [6.45, 7) is 1.51. The molecule has 19 heavy (non-hydrogen) atoms. The van der Waals surface area contributed by atoms with Gasteiger partial charge in [0.1, 0.15) is 0 Å². The molecule has 0 aromatic carbocycles. The van der Waals surface area contributed by atoms with Gasteiger partial charge in [-0.15, -0.1) is 0 Å². The van der Waals surface area contributed by atoms with Gasteiger partial charge in [0.15, 0.2) is 11.3 Å². The standard InChI is InChI=1S/C11H10F3N3O2/c1-6(10(18)19)2-7-4-15-9-3-8(11(12,13)14)16-17(9)5-7/h3-6H,2H2,1H3,(H,18,19). The lowest BCUT2D eigenvalue weighted by atomic mass is 10.0. The lowest BCUT2D eigenvalue weighted by molar-refractivity contribution is -0.142. The van der Waals surface area contributed by atoms with Gasteiger partial charge < -0.3 is 5.11 Å². The fourth-order valence-corrected chi connectivity index (χ4v) is 1.60. The summed E-state index contributed by atoms with van der Waals surface area (Å²) in [6.07, 6.45) is -1.63. The molecule has 1 N–H and O–H groups in total. The van der Waals surface area contributed by atoms with Crippen molar-refractivity contribution in [3.8, 4) is 0 Å². The second-order valence-corrected chi connectivity index (χ2v) is 4.24. The van der Waals surface area contributed by atoms with Crippen LogP contribution in [-0.4, -0.2) is 25.7 Å². The number of halogens is 3. The van der Waals surface area contributed by atoms with Crippen molar-refractivity contribution in [2.45, 2.75) is 19.5 Å². The first kappa shape index (κ1) is 13.3. The van der Waals surface area contributed by atoms with Crippen LogP contribution in [0.25, 0.3) is 5.65 Å². The number of carbonyl (C=O) groups is 1. The molecule has 2 heterocycles. The van der Waals surface area contributed by atoms with E-state index in [2.05, 4.69) is 10.1 Å². The molecule has 0 bridgehead atoms. The van der Waals surface area contributed by atoms with Gasteiger partial charge in [0.25, 0.3) is 0 Å². The van der Waals surface area contributed by atoms with Crippen molar-refractivity contribution in [1.82, 2.24) is 14.6 Å². The van der Waals surface area contributed by atoms with Gasteiger partial charge in [-0.1, -0.05) is 6.92 Å². The van der Waals surface area contributed by atoms with Crippen molar-refractivity contribution < 1.29 is 23.1 Å². The molecule has 1 unspecified atom stereocenters. The average Bonchev–Trinajstić information content (AvgIpc) is 2.71. The molecule has 0 aliphatic rings. The first-order valence-electron chi connectivity index (χ1n) is 5.41. The molecule has 0 fully saturated rings. The van der Waals surface area contributed by atoms with Crippen LogP contribution in [0.2, 0.25) is 0 Å². The summed E-state index contributed by atoms with van der Waals surface area (Å²) in [5.41, 5.74) is -0.443. The largest absolute Gasteiger partial charge is 0.481 e. The molecule has 0 saturated carbocycles. The molecule has 0 amide bonds. The van der Waals surface area contributed by atoms with Crippen LogP contribution in [-0.2, 0) is 17.4 Å². The highest BCUT2D eigenvalue weighted by Crippen LogP contribution is 2.28. The number of fused-ring (bicyclic) bond motifs is 1. The van der Waals surface area contributed by atoms with E-state index in [9.17, 15) is 18.0 Å². The van der Waals surface area contributed by atoms with E-state index in [1.54, 1.807) is 0 Å². The Bertz CT molecular complexity index is 621. The predicted molar refractivity (Wildman–Crippen MR) is 58.5 cm³/mol. The Morgan fingerprint density at radius 3 is 2.79 bits per heavy atom. The molecule has 0 radical (unpaired) electrons. The van der Waals surface area contributed by atoms with Gasteiger partial charge in [0, 0.05) is 18.5 Å². The van der Waals surface area contributed by atoms with Crippen LogP contribution in [0.4, 0.5) is 13.2 Å². The van der Waals surface area contributed by atoms with E-state index in [-0.39, 0.29) is 12.1 Å². The van der Waals surface area contributed by atoms with Gasteiger partial charge >= 0.3 is 12.1 Å². The zero-order valence-corrected chi connectivity index (χ0v) is 9.85. The normalized spacial score (nSPS) is 13.7. The van der Waals surface area contributed by atoms with Crippen molar-refractivity contribution in [2.75, 3.05) is 0 Å². The highest BCUT2D eigenvalue weighted by Gasteiger charge is 2.34. The Kier molecular flexibility index (Phi) is 3.17. The third-order valence-electron chi connectivity index (χ3n) is 2.62. The molecular weight excluding hydrogens is 263 g/mol. The lowest BCUT2D eigenvalue weighted by Gasteiger charge is -2.05. The Morgan fingerprint density at radius 1 is 1.53 bits per heavy atom. The third kappa shape index (κ3) is 2.83. The van der Waals surface area contributed by atoms with Gasteiger partial charge in [-0.3, -0.25) is 4.79 Å². The summed E-state index contributed by atoms with van der Waals surface area (Å²) >= 11 is 0. The van der Waals surface area contributed by atoms with Crippen molar-refractivity contribution in [3.63, 3.8) is 0 Å². The Hall–Kier alpha value is -2.12. The maximum absolute atomic E-state index is 12.5. The number of nitrogens with zero attached hydrogens (tertiary/aromatic N) is 3. The monoisotopic (exact) mass is 273 g/mol. The van der Waals surface area contributed by atoms with E-state index < -0.39 is 23.8 Å². The number of carboxylic acids is 1. The average molecular weight is 273 g/mol. The highest BCUT2D eigenvalue weighted by molar-refractivity contribution is 5.69. The smallest absolute Gasteiger partial charge is 0.435 e. The molecule has 2 aromatic heterocycles. The lowest BCUT2D eigenvalue weighted by Crippen LogP contribution is -2.13. The Labute approximate surface area is 105 Å². The number of hydrogen-bond acceptors (Lipinski definition) is 3. The van der Waals surface area contributed by atoms with Crippen molar-refractivity contribution in [3.05, 3.63) is 29.7 Å². The Balaban J connectivity index is 2.33. The van der Waals surface area contributed by atoms with E-state index in [0.29, 0.717) is 5.56 Å². The second kappa shape index (κ2) is 4.52. The molecule has 0 saturated heterocycles. The van der Waals surface area contributed by atoms with Crippen molar-refractivity contribution in [2.24, 2.45) is 5.92 Å². The van der Waals surface area contributed by atoms with Crippen LogP contribution in [0.3, 0.4) is 0 Å². The maximum atomic E-state index is 12.5. The molecule has 0 aliphatic heterocycles. The van der Waals surface area contributed by atoms with E-state index in [4.69, 9.17) is 5.11 Å². The van der Waals surface area contributed by atoms with Gasteiger partial charge in [-0.2, -0.15) is 18.3 Å². The quantitative estimate of drug-likeness (QED) is 0.928. The number of aliphatic carboxylic acids is 1. The van der Waals surface area contributed by atoms with Gasteiger partial charge in [-0.25, -0.2) is 9.50 Å². The summed E-state index contributed by atoms with van der Waals surface area (Å²) in [5, 5.41) is 12.2. The molecule has 0 spiro atoms. The number of carboxylic acid groups (broad SMARTS) is 1. The first-order valence-corrected chi connectivity index (χ1v) is 5.41. The van der Waals surface area contributed by atoms with Crippen LogP contribution in [0, 0.1) is 5.92 Å². The number of aromatic nitrogens is 3. The van der Waals surface area contributed by atoms with E-state index in [1.807, 2.05) is 0 Å². The van der Waals surface area contributed by atoms with Crippen LogP contribution in [0.5, 0.6) is 0 Å². The first-order chi connectivity index (χ1) is 8.77. The molecule has 2 rings (SSSR count). The van der Waals surface area contributed by atoms with E-state index >= 15 is 0 Å². The minimum atomic E-state index is -4.53. The van der Waals surface area contributed by atoms with Crippen LogP contribution in [0.15, 0.2) is 18.5 Å². The predicted octanol–water partition coefficient (Wildman–Crippen LogP) is 2.01. The molecular formula is C11H10F3N3O2. The maximum Gasteiger partial charge on any atom is 0.435 e. The van der Waals surface area contributed by atoms with Crippen LogP contribution in [0.1, 0.15) is 18.2 Å². The topological polar surface area (TPSA) is 67.5 Å². The third-order valence-corrected chi connectivity index (χ3v) is 2.62. The van der Waals surface area contributed by atoms with Crippen molar-refractivity contribution >= 4 is 11.6 Å². The zero-order valence-electron chi connectivity index (χ0n) is 9.85. The summed E-state index contributed by atoms with van der Waals surface area (Å²) < 4.78 is 38.4. The minimum Gasteiger partial charge on any atom is -0.481 e. The van der Waals surface area contributed by atoms with Gasteiger partial charge in [-0.05, 0) is 12.0 Å². The molecule has 2 aromatic rings. The van der Waals surface area contributed by atoms with Gasteiger partial charge in [0.05, 0.1) is 5.92 Å². The SMILES string of the molecule is CC(Cc1cnc2cc(C(F)(F)F)nn2c1)C(=O)O. The molecule has 8 heteroatoms. The summed E-state index contributed by atoms with van der Waals surface area (Å²) in [6, 6.07) is 0.838. The van der Waals surface area contributed by atoms with Crippen LogP contribution >= 0.6 is 0 Å². The number of hydrogen-bond donors (Lipinski definition) is 1. The Morgan fingerprint density at radius 2 is 2.21 bits per heavy atom. The van der Waals surface area contributed by atoms with E-state index in [0.717, 1.165) is 10.6 Å². The summed E-state index contributed by atoms with van der Waals surface area (Å²) in [5.74, 6) is -1.62. The molecule has 102 valence electrons. The highest BCUT2D eigenvalue weighted by atomic mass is 19.4. The minimum absolute atomic E-state index is 0.0686.